The predicted octanol–water partition coefficient (Wildman–Crippen LogP) is 31.3. The number of thiophene rings is 4. The number of hydrogen-bond acceptors (Lipinski definition) is 6. The third kappa shape index (κ3) is 13.6. The van der Waals surface area contributed by atoms with Crippen LogP contribution in [0.15, 0.2) is 413 Å². The zero-order chi connectivity index (χ0) is 71.7. The fourth-order valence-corrected chi connectivity index (χ4v) is 18.9. The van der Waals surface area contributed by atoms with Crippen LogP contribution < -0.4 is 9.80 Å². The minimum Gasteiger partial charge on any atom is -0.311 e. The molecule has 0 fully saturated rings. The van der Waals surface area contributed by atoms with Crippen molar-refractivity contribution < 1.29 is 0 Å². The van der Waals surface area contributed by atoms with Crippen molar-refractivity contribution in [1.29, 1.82) is 0 Å². The molecule has 108 heavy (non-hydrogen) atoms. The summed E-state index contributed by atoms with van der Waals surface area (Å²) in [6.07, 6.45) is 0. The molecular formula is C102H68N2S4. The van der Waals surface area contributed by atoms with Crippen molar-refractivity contribution in [2.45, 2.75) is 0 Å². The summed E-state index contributed by atoms with van der Waals surface area (Å²) in [6, 6.07) is 150. The fraction of sp³-hybridized carbons (Fsp3) is 0. The van der Waals surface area contributed by atoms with Crippen molar-refractivity contribution in [3.8, 4) is 97.4 Å². The van der Waals surface area contributed by atoms with E-state index in [1.54, 1.807) is 0 Å². The van der Waals surface area contributed by atoms with Gasteiger partial charge < -0.3 is 9.80 Å². The maximum absolute atomic E-state index is 2.36. The van der Waals surface area contributed by atoms with Gasteiger partial charge in [-0.15, -0.1) is 45.3 Å². The zero-order valence-electron chi connectivity index (χ0n) is 58.8. The van der Waals surface area contributed by atoms with E-state index in [4.69, 9.17) is 0 Å². The van der Waals surface area contributed by atoms with Crippen molar-refractivity contribution in [1.82, 2.24) is 0 Å². The van der Waals surface area contributed by atoms with E-state index in [0.29, 0.717) is 0 Å². The first-order valence-corrected chi connectivity index (χ1v) is 39.7. The van der Waals surface area contributed by atoms with Gasteiger partial charge in [0.05, 0.1) is 0 Å². The molecule has 16 aromatic carbocycles. The van der Waals surface area contributed by atoms with Gasteiger partial charge in [0.25, 0.3) is 0 Å². The quantitative estimate of drug-likeness (QED) is 0.101. The molecule has 0 radical (unpaired) electrons. The molecular weight excluding hydrogens is 1380 g/mol. The Hall–Kier alpha value is -12.8. The number of benzene rings is 16. The Balaban J connectivity index is 0.000000147. The molecule has 2 nitrogen and oxygen atoms in total. The summed E-state index contributed by atoms with van der Waals surface area (Å²) in [7, 11) is 0. The lowest BCUT2D eigenvalue weighted by molar-refractivity contribution is 1.28. The molecule has 0 unspecified atom stereocenters. The molecule has 0 spiro atoms. The van der Waals surface area contributed by atoms with Gasteiger partial charge in [0.15, 0.2) is 0 Å². The van der Waals surface area contributed by atoms with Crippen molar-refractivity contribution in [3.63, 3.8) is 0 Å². The topological polar surface area (TPSA) is 6.48 Å². The fourth-order valence-electron chi connectivity index (χ4n) is 14.7. The highest BCUT2D eigenvalue weighted by molar-refractivity contribution is 7.23. The first-order valence-electron chi connectivity index (χ1n) is 36.5. The summed E-state index contributed by atoms with van der Waals surface area (Å²) in [6.45, 7) is 0. The SMILES string of the molecule is c1ccc(-c2ccc(N(c3ccc(-c4ccc(-c5cc6ccccc6s5)cc4)cc3)c3ccc(-c4ccc(-c5cc6ccccc6s5)cc4)cc3)cc2)cc1.c1ccc2cc(N(c3ccc(-c4ccc(-c5cc6ccccc6s5)cc4)cc3)c3ccc(-c4ccc(-c5cc6ccccc6s5)cc4)cc3)ccc2c1. The number of rotatable bonds is 15. The van der Waals surface area contributed by atoms with Crippen LogP contribution in [0.4, 0.5) is 34.1 Å². The highest BCUT2D eigenvalue weighted by Crippen LogP contribution is 2.44. The minimum atomic E-state index is 1.11. The smallest absolute Gasteiger partial charge is 0.0468 e. The van der Waals surface area contributed by atoms with E-state index in [1.165, 1.54) is 149 Å². The summed E-state index contributed by atoms with van der Waals surface area (Å²) in [4.78, 5) is 9.90. The minimum absolute atomic E-state index is 1.11. The van der Waals surface area contributed by atoms with Gasteiger partial charge in [-0.2, -0.15) is 0 Å². The summed E-state index contributed by atoms with van der Waals surface area (Å²) in [5.74, 6) is 0. The van der Waals surface area contributed by atoms with Crippen LogP contribution in [0.1, 0.15) is 0 Å². The van der Waals surface area contributed by atoms with Crippen molar-refractivity contribution >= 4 is 131 Å². The Morgan fingerprint density at radius 1 is 0.130 bits per heavy atom. The molecule has 0 aliphatic rings. The summed E-state index contributed by atoms with van der Waals surface area (Å²) in [5, 5.41) is 7.66. The molecule has 6 heteroatoms. The standard InChI is InChI=1S/C52H35NS2.C50H33NS2/c1-2-8-36(9-3-1)39-22-28-46(29-23-39)53(47-30-24-40(25-31-47)37-14-18-42(19-15-37)51-34-44-10-4-6-12-49(44)54-51)48-32-26-41(27-33-48)38-16-20-43(21-17-38)52-35-45-11-5-7-13-50(45)55-52;1-2-8-41-31-46(30-25-34(41)7-1)51(44-26-21-37(22-27-44)35-13-17-39(18-14-35)49-32-42-9-3-5-11-47(42)52-49)45-28-23-38(24-29-45)36-15-19-40(20-16-36)50-33-43-10-4-6-12-48(43)53-50/h1-35H;1-33H. The molecule has 0 aliphatic carbocycles. The summed E-state index contributed by atoms with van der Waals surface area (Å²) in [5.41, 5.74) is 23.7. The second-order valence-electron chi connectivity index (χ2n) is 27.2. The van der Waals surface area contributed by atoms with E-state index >= 15 is 0 Å². The van der Waals surface area contributed by atoms with Gasteiger partial charge in [0, 0.05) is 72.4 Å². The maximum Gasteiger partial charge on any atom is 0.0468 e. The highest BCUT2D eigenvalue weighted by atomic mass is 32.1. The van der Waals surface area contributed by atoms with Crippen LogP contribution in [0.2, 0.25) is 0 Å². The van der Waals surface area contributed by atoms with Crippen LogP contribution >= 0.6 is 45.3 Å². The van der Waals surface area contributed by atoms with E-state index in [-0.39, 0.29) is 0 Å². The van der Waals surface area contributed by atoms with Crippen LogP contribution in [0.5, 0.6) is 0 Å². The summed E-state index contributed by atoms with van der Waals surface area (Å²) >= 11 is 7.39. The van der Waals surface area contributed by atoms with E-state index in [9.17, 15) is 0 Å². The second kappa shape index (κ2) is 29.3. The Morgan fingerprint density at radius 3 is 0.593 bits per heavy atom. The molecule has 0 atom stereocenters. The number of anilines is 6. The van der Waals surface area contributed by atoms with Crippen LogP contribution in [0.3, 0.4) is 0 Å². The molecule has 0 saturated heterocycles. The van der Waals surface area contributed by atoms with Crippen LogP contribution in [-0.4, -0.2) is 0 Å². The van der Waals surface area contributed by atoms with Crippen molar-refractivity contribution in [2.24, 2.45) is 0 Å². The molecule has 20 aromatic rings. The van der Waals surface area contributed by atoms with Gasteiger partial charge in [0.1, 0.15) is 0 Å². The Bertz CT molecular complexity index is 6080. The second-order valence-corrected chi connectivity index (χ2v) is 31.5. The number of nitrogens with zero attached hydrogens (tertiary/aromatic N) is 2. The van der Waals surface area contributed by atoms with Crippen molar-refractivity contribution in [3.05, 3.63) is 413 Å². The van der Waals surface area contributed by atoms with Gasteiger partial charge in [-0.3, -0.25) is 0 Å². The lowest BCUT2D eigenvalue weighted by Crippen LogP contribution is -2.09. The van der Waals surface area contributed by atoms with Crippen LogP contribution in [0.25, 0.3) is 149 Å². The number of hydrogen-bond donors (Lipinski definition) is 0. The number of fused-ring (bicyclic) bond motifs is 5. The molecule has 510 valence electrons. The molecule has 4 aromatic heterocycles. The van der Waals surface area contributed by atoms with Gasteiger partial charge in [-0.05, 0) is 232 Å². The molecule has 0 aliphatic heterocycles. The third-order valence-electron chi connectivity index (χ3n) is 20.4. The van der Waals surface area contributed by atoms with Gasteiger partial charge in [-0.1, -0.05) is 291 Å². The maximum atomic E-state index is 2.36. The Morgan fingerprint density at radius 2 is 0.324 bits per heavy atom. The van der Waals surface area contributed by atoms with Crippen LogP contribution in [0, 0.1) is 0 Å². The first-order chi connectivity index (χ1) is 53.4. The third-order valence-corrected chi connectivity index (χ3v) is 25.1. The van der Waals surface area contributed by atoms with E-state index < -0.39 is 0 Å². The monoisotopic (exact) mass is 1450 g/mol. The molecule has 20 rings (SSSR count). The van der Waals surface area contributed by atoms with Gasteiger partial charge in [-0.25, -0.2) is 0 Å². The molecule has 0 bridgehead atoms. The molecule has 0 N–H and O–H groups in total. The molecule has 4 heterocycles. The van der Waals surface area contributed by atoms with Crippen LogP contribution in [-0.2, 0) is 0 Å². The Kier molecular flexibility index (Phi) is 17.9. The predicted molar refractivity (Wildman–Crippen MR) is 470 cm³/mol. The average molecular weight is 1450 g/mol. The van der Waals surface area contributed by atoms with Gasteiger partial charge in [0.2, 0.25) is 0 Å². The van der Waals surface area contributed by atoms with E-state index in [0.717, 1.165) is 34.1 Å². The molecule has 0 saturated carbocycles. The lowest BCUT2D eigenvalue weighted by Gasteiger charge is -2.26. The van der Waals surface area contributed by atoms with Gasteiger partial charge >= 0.3 is 0 Å². The van der Waals surface area contributed by atoms with E-state index in [2.05, 4.69) is 422 Å². The first kappa shape index (κ1) is 65.9. The molecule has 0 amide bonds. The highest BCUT2D eigenvalue weighted by Gasteiger charge is 2.18. The summed E-state index contributed by atoms with van der Waals surface area (Å²) < 4.78 is 5.29. The van der Waals surface area contributed by atoms with Crippen molar-refractivity contribution in [2.75, 3.05) is 9.80 Å². The average Bonchev–Trinajstić information content (AvgIpc) is 1.42. The zero-order valence-corrected chi connectivity index (χ0v) is 62.1. The lowest BCUT2D eigenvalue weighted by atomic mass is 10.0. The Labute approximate surface area is 645 Å². The largest absolute Gasteiger partial charge is 0.311 e. The normalized spacial score (nSPS) is 11.3. The van der Waals surface area contributed by atoms with E-state index in [1.807, 2.05) is 45.3 Å².